The van der Waals surface area contributed by atoms with E-state index in [-0.39, 0.29) is 11.8 Å². The summed E-state index contributed by atoms with van der Waals surface area (Å²) in [5, 5.41) is 0.945. The van der Waals surface area contributed by atoms with E-state index in [0.717, 1.165) is 22.0 Å². The van der Waals surface area contributed by atoms with E-state index in [9.17, 15) is 9.59 Å². The first-order chi connectivity index (χ1) is 13.1. The maximum Gasteiger partial charge on any atom is 0.256 e. The number of nitrogens with zero attached hydrogens (tertiary/aromatic N) is 2. The van der Waals surface area contributed by atoms with Crippen LogP contribution < -0.4 is 0 Å². The summed E-state index contributed by atoms with van der Waals surface area (Å²) in [5.74, 6) is 0.155. The largest absolute Gasteiger partial charge is 0.360 e. The molecule has 0 saturated carbocycles. The molecule has 2 aromatic carbocycles. The molecule has 0 aliphatic carbocycles. The van der Waals surface area contributed by atoms with E-state index in [4.69, 9.17) is 0 Å². The van der Waals surface area contributed by atoms with Crippen molar-refractivity contribution in [2.45, 2.75) is 13.3 Å². The Morgan fingerprint density at radius 3 is 2.37 bits per heavy atom. The number of rotatable bonds is 3. The van der Waals surface area contributed by atoms with Crippen LogP contribution in [-0.4, -0.2) is 52.8 Å². The van der Waals surface area contributed by atoms with Gasteiger partial charge in [-0.2, -0.15) is 0 Å². The van der Waals surface area contributed by atoms with Gasteiger partial charge < -0.3 is 14.8 Å². The molecule has 5 heteroatoms. The van der Waals surface area contributed by atoms with Crippen LogP contribution in [0, 0.1) is 6.92 Å². The molecule has 4 rings (SSSR count). The Labute approximate surface area is 158 Å². The molecule has 27 heavy (non-hydrogen) atoms. The fourth-order valence-corrected chi connectivity index (χ4v) is 3.66. The second-order valence-corrected chi connectivity index (χ2v) is 7.02. The third-order valence-corrected chi connectivity index (χ3v) is 5.34. The SMILES string of the molecule is Cc1ccccc1CC(=O)N1CCN(C(=O)c2c[nH]c3ccccc23)CC1. The fraction of sp³-hybridized carbons (Fsp3) is 0.273. The molecule has 0 unspecified atom stereocenters. The number of benzene rings is 2. The highest BCUT2D eigenvalue weighted by Gasteiger charge is 2.26. The van der Waals surface area contributed by atoms with Gasteiger partial charge in [-0.3, -0.25) is 9.59 Å². The van der Waals surface area contributed by atoms with Gasteiger partial charge in [-0.1, -0.05) is 42.5 Å². The average molecular weight is 361 g/mol. The zero-order valence-electron chi connectivity index (χ0n) is 15.4. The molecule has 1 aromatic heterocycles. The zero-order valence-corrected chi connectivity index (χ0v) is 15.4. The summed E-state index contributed by atoms with van der Waals surface area (Å²) in [4.78, 5) is 32.4. The minimum Gasteiger partial charge on any atom is -0.360 e. The zero-order chi connectivity index (χ0) is 18.8. The van der Waals surface area contributed by atoms with Gasteiger partial charge in [0.1, 0.15) is 0 Å². The molecule has 1 N–H and O–H groups in total. The number of nitrogens with one attached hydrogen (secondary N) is 1. The Hall–Kier alpha value is -3.08. The number of carbonyl (C=O) groups excluding carboxylic acids is 2. The second kappa shape index (κ2) is 7.27. The first-order valence-electron chi connectivity index (χ1n) is 9.31. The minimum absolute atomic E-state index is 0.0263. The lowest BCUT2D eigenvalue weighted by atomic mass is 10.1. The highest BCUT2D eigenvalue weighted by molar-refractivity contribution is 6.06. The fourth-order valence-electron chi connectivity index (χ4n) is 3.66. The first kappa shape index (κ1) is 17.3. The summed E-state index contributed by atoms with van der Waals surface area (Å²) < 4.78 is 0. The highest BCUT2D eigenvalue weighted by atomic mass is 16.2. The number of H-pyrrole nitrogens is 1. The molecule has 3 aromatic rings. The Bertz CT molecular complexity index is 984. The standard InChI is InChI=1S/C22H23N3O2/c1-16-6-2-3-7-17(16)14-21(26)24-10-12-25(13-11-24)22(27)19-15-23-20-9-5-4-8-18(19)20/h2-9,15,23H,10-14H2,1H3. The smallest absolute Gasteiger partial charge is 0.256 e. The Balaban J connectivity index is 1.39. The number of carbonyl (C=O) groups is 2. The number of amides is 2. The van der Waals surface area contributed by atoms with Gasteiger partial charge in [-0.25, -0.2) is 0 Å². The van der Waals surface area contributed by atoms with E-state index in [0.29, 0.717) is 38.2 Å². The number of para-hydroxylation sites is 1. The molecule has 0 radical (unpaired) electrons. The Kier molecular flexibility index (Phi) is 4.67. The first-order valence-corrected chi connectivity index (χ1v) is 9.31. The van der Waals surface area contributed by atoms with Gasteiger partial charge >= 0.3 is 0 Å². The summed E-state index contributed by atoms with van der Waals surface area (Å²) in [5.41, 5.74) is 3.87. The van der Waals surface area contributed by atoms with Crippen LogP contribution in [0.15, 0.2) is 54.7 Å². The summed E-state index contributed by atoms with van der Waals surface area (Å²) in [7, 11) is 0. The molecular weight excluding hydrogens is 338 g/mol. The number of hydrogen-bond acceptors (Lipinski definition) is 2. The molecule has 5 nitrogen and oxygen atoms in total. The molecule has 2 amide bonds. The molecule has 0 atom stereocenters. The highest BCUT2D eigenvalue weighted by Crippen LogP contribution is 2.20. The van der Waals surface area contributed by atoms with Gasteiger partial charge in [0.15, 0.2) is 0 Å². The lowest BCUT2D eigenvalue weighted by Crippen LogP contribution is -2.51. The minimum atomic E-state index is 0.0263. The third-order valence-electron chi connectivity index (χ3n) is 5.34. The van der Waals surface area contributed by atoms with Crippen molar-refractivity contribution in [3.63, 3.8) is 0 Å². The van der Waals surface area contributed by atoms with Gasteiger partial charge in [0.2, 0.25) is 5.91 Å². The number of aromatic nitrogens is 1. The van der Waals surface area contributed by atoms with Crippen molar-refractivity contribution in [2.75, 3.05) is 26.2 Å². The van der Waals surface area contributed by atoms with Crippen LogP contribution in [0.2, 0.25) is 0 Å². The summed E-state index contributed by atoms with van der Waals surface area (Å²) in [6.45, 7) is 4.33. The quantitative estimate of drug-likeness (QED) is 0.780. The second-order valence-electron chi connectivity index (χ2n) is 7.02. The number of aryl methyl sites for hydroxylation is 1. The monoisotopic (exact) mass is 361 g/mol. The van der Waals surface area contributed by atoms with Gasteiger partial charge in [0.25, 0.3) is 5.91 Å². The predicted molar refractivity (Wildman–Crippen MR) is 106 cm³/mol. The van der Waals surface area contributed by atoms with E-state index >= 15 is 0 Å². The normalized spacial score (nSPS) is 14.6. The van der Waals surface area contributed by atoms with Crippen molar-refractivity contribution in [1.29, 1.82) is 0 Å². The van der Waals surface area contributed by atoms with E-state index in [2.05, 4.69) is 4.98 Å². The topological polar surface area (TPSA) is 56.4 Å². The molecule has 0 bridgehead atoms. The van der Waals surface area contributed by atoms with E-state index in [1.807, 2.05) is 65.3 Å². The van der Waals surface area contributed by atoms with Crippen LogP contribution in [0.25, 0.3) is 10.9 Å². The number of piperazine rings is 1. The maximum absolute atomic E-state index is 12.9. The molecular formula is C22H23N3O2. The van der Waals surface area contributed by atoms with Crippen molar-refractivity contribution in [3.8, 4) is 0 Å². The van der Waals surface area contributed by atoms with Crippen LogP contribution in [0.1, 0.15) is 21.5 Å². The van der Waals surface area contributed by atoms with Crippen LogP contribution in [0.4, 0.5) is 0 Å². The van der Waals surface area contributed by atoms with Crippen molar-refractivity contribution < 1.29 is 9.59 Å². The molecule has 2 heterocycles. The van der Waals surface area contributed by atoms with Crippen LogP contribution in [0.3, 0.4) is 0 Å². The lowest BCUT2D eigenvalue weighted by Gasteiger charge is -2.35. The van der Waals surface area contributed by atoms with Gasteiger partial charge in [-0.15, -0.1) is 0 Å². The number of fused-ring (bicyclic) bond motifs is 1. The third kappa shape index (κ3) is 3.45. The summed E-state index contributed by atoms with van der Waals surface area (Å²) in [6.07, 6.45) is 2.20. The average Bonchev–Trinajstić information content (AvgIpc) is 3.13. The van der Waals surface area contributed by atoms with Crippen molar-refractivity contribution >= 4 is 22.7 Å². The molecule has 138 valence electrons. The van der Waals surface area contributed by atoms with Gasteiger partial charge in [-0.05, 0) is 24.1 Å². The maximum atomic E-state index is 12.9. The molecule has 1 aliphatic rings. The number of aromatic amines is 1. The van der Waals surface area contributed by atoms with E-state index in [1.165, 1.54) is 0 Å². The van der Waals surface area contributed by atoms with Crippen molar-refractivity contribution in [3.05, 3.63) is 71.4 Å². The Morgan fingerprint density at radius 2 is 1.59 bits per heavy atom. The van der Waals surface area contributed by atoms with E-state index < -0.39 is 0 Å². The molecule has 0 spiro atoms. The van der Waals surface area contributed by atoms with Gasteiger partial charge in [0, 0.05) is 43.3 Å². The van der Waals surface area contributed by atoms with Crippen molar-refractivity contribution in [2.24, 2.45) is 0 Å². The van der Waals surface area contributed by atoms with E-state index in [1.54, 1.807) is 6.20 Å². The Morgan fingerprint density at radius 1 is 0.926 bits per heavy atom. The summed E-state index contributed by atoms with van der Waals surface area (Å²) in [6, 6.07) is 15.8. The van der Waals surface area contributed by atoms with Gasteiger partial charge in [0.05, 0.1) is 12.0 Å². The van der Waals surface area contributed by atoms with Crippen LogP contribution in [-0.2, 0) is 11.2 Å². The van der Waals surface area contributed by atoms with Crippen LogP contribution in [0.5, 0.6) is 0 Å². The van der Waals surface area contributed by atoms with Crippen molar-refractivity contribution in [1.82, 2.24) is 14.8 Å². The molecule has 1 aliphatic heterocycles. The molecule has 1 saturated heterocycles. The molecule has 1 fully saturated rings. The lowest BCUT2D eigenvalue weighted by molar-refractivity contribution is -0.131. The summed E-state index contributed by atoms with van der Waals surface area (Å²) >= 11 is 0. The van der Waals surface area contributed by atoms with Crippen LogP contribution >= 0.6 is 0 Å². The number of hydrogen-bond donors (Lipinski definition) is 1. The predicted octanol–water partition coefficient (Wildman–Crippen LogP) is 3.00.